The minimum Gasteiger partial charge on any atom is -0.479 e. The van der Waals surface area contributed by atoms with Crippen LogP contribution in [0.2, 0.25) is 2.82 Å². The molecule has 0 aromatic heterocycles. The maximum Gasteiger partial charge on any atom is 0.335 e. The van der Waals surface area contributed by atoms with Crippen LogP contribution in [0, 0.1) is 0 Å². The summed E-state index contributed by atoms with van der Waals surface area (Å²) in [4.78, 5) is 44.0. The van der Waals surface area contributed by atoms with Crippen LogP contribution in [0.3, 0.4) is 0 Å². The Bertz CT molecular complexity index is 434. The van der Waals surface area contributed by atoms with Gasteiger partial charge in [-0.05, 0) is 0 Å². The Labute approximate surface area is 111 Å². The molecule has 2 amide bonds. The van der Waals surface area contributed by atoms with Crippen LogP contribution in [0.1, 0.15) is 13.8 Å². The highest BCUT2D eigenvalue weighted by Crippen LogP contribution is 2.05. The zero-order valence-electron chi connectivity index (χ0n) is 12.3. The Morgan fingerprint density at radius 1 is 1.16 bits per heavy atom. The number of hydrogen-bond donors (Lipinski definition) is 5. The van der Waals surface area contributed by atoms with Crippen molar-refractivity contribution in [1.82, 2.24) is 10.6 Å². The van der Waals surface area contributed by atoms with Gasteiger partial charge in [0.1, 0.15) is 18.4 Å². The molecule has 0 aromatic carbocycles. The van der Waals surface area contributed by atoms with E-state index in [9.17, 15) is 29.4 Å². The van der Waals surface area contributed by atoms with Crippen molar-refractivity contribution >= 4 is 24.1 Å². The Balaban J connectivity index is 5.69. The van der Waals surface area contributed by atoms with Gasteiger partial charge in [-0.2, -0.15) is 0 Å². The fourth-order valence-electron chi connectivity index (χ4n) is 1.29. The number of rotatable bonds is 7. The quantitative estimate of drug-likeness (QED) is 0.311. The number of carboxylic acid groups (broad SMARTS) is 1. The zero-order valence-corrected chi connectivity index (χ0v) is 10.3. The summed E-state index contributed by atoms with van der Waals surface area (Å²) >= 11 is 0. The first-order chi connectivity index (χ1) is 9.56. The third-order valence-corrected chi connectivity index (χ3v) is 2.08. The molecule has 0 saturated heterocycles. The first kappa shape index (κ1) is 13.4. The molecule has 9 nitrogen and oxygen atoms in total. The zero-order chi connectivity index (χ0) is 16.9. The van der Waals surface area contributed by atoms with Gasteiger partial charge in [0, 0.05) is 13.8 Å². The van der Waals surface area contributed by atoms with E-state index < -0.39 is 42.1 Å². The van der Waals surface area contributed by atoms with E-state index in [1.54, 1.807) is 0 Å². The molecule has 0 aliphatic carbocycles. The number of carboxylic acids is 1. The molecule has 0 heterocycles. The smallest absolute Gasteiger partial charge is 0.335 e. The SMILES string of the molecule is [2H]N(C(C)=O)[C@@H]([C@H](O)[C@H](O)C(=O)O)[C@@H](C=O)N([2H])C(C)=O. The molecule has 0 aliphatic heterocycles. The molecular formula is C10H16N2O7. The van der Waals surface area contributed by atoms with E-state index in [1.165, 1.54) is 0 Å². The van der Waals surface area contributed by atoms with E-state index in [0.717, 1.165) is 13.8 Å². The molecule has 0 aromatic rings. The Hall–Kier alpha value is -2.00. The molecule has 0 saturated carbocycles. The molecule has 0 unspecified atom stereocenters. The summed E-state index contributed by atoms with van der Waals surface area (Å²) in [7, 11) is 0. The number of nitrogens with one attached hydrogen (secondary N) is 2. The third kappa shape index (κ3) is 5.44. The Kier molecular flexibility index (Phi) is 5.26. The molecule has 4 atom stereocenters. The largest absolute Gasteiger partial charge is 0.479 e. The number of aldehydes is 1. The predicted octanol–water partition coefficient (Wildman–Crippen LogP) is -3.00. The highest BCUT2D eigenvalue weighted by molar-refractivity contribution is 5.80. The topological polar surface area (TPSA) is 153 Å². The van der Waals surface area contributed by atoms with Gasteiger partial charge in [0.2, 0.25) is 11.8 Å². The highest BCUT2D eigenvalue weighted by Gasteiger charge is 2.37. The minimum absolute atomic E-state index is 0.00133. The molecule has 0 fully saturated rings. The molecule has 108 valence electrons. The summed E-state index contributed by atoms with van der Waals surface area (Å²) in [5.74, 6) is -3.78. The normalized spacial score (nSPS) is 18.1. The van der Waals surface area contributed by atoms with Crippen molar-refractivity contribution in [2.45, 2.75) is 38.1 Å². The fraction of sp³-hybridized carbons (Fsp3) is 0.600. The van der Waals surface area contributed by atoms with Crippen LogP contribution in [0.25, 0.3) is 0 Å². The van der Waals surface area contributed by atoms with Gasteiger partial charge < -0.3 is 30.7 Å². The van der Waals surface area contributed by atoms with E-state index in [-0.39, 0.29) is 16.9 Å². The number of hydrogen-bond acceptors (Lipinski definition) is 6. The standard InChI is InChI=1S/C10H16N2O7/c1-4(14)11-6(3-13)7(12-5(2)15)8(16)9(17)10(18)19/h3,6-9,16-17H,1-2H3,(H,11,14)(H,12,15)(H,18,19)/t6-,7-,8+,9+/m1/s1/i/hD2. The van der Waals surface area contributed by atoms with Gasteiger partial charge in [0.25, 0.3) is 0 Å². The van der Waals surface area contributed by atoms with Crippen molar-refractivity contribution in [3.8, 4) is 0 Å². The number of amides is 2. The van der Waals surface area contributed by atoms with E-state index in [2.05, 4.69) is 0 Å². The van der Waals surface area contributed by atoms with Gasteiger partial charge in [-0.3, -0.25) is 9.59 Å². The van der Waals surface area contributed by atoms with Crippen LogP contribution in [0.15, 0.2) is 0 Å². The van der Waals surface area contributed by atoms with Gasteiger partial charge in [0.05, 0.1) is 6.04 Å². The van der Waals surface area contributed by atoms with Crippen LogP contribution in [-0.4, -0.2) is 63.7 Å². The monoisotopic (exact) mass is 278 g/mol. The summed E-state index contributed by atoms with van der Waals surface area (Å²) in [6.07, 6.45) is -4.67. The molecule has 0 bridgehead atoms. The second-order valence-corrected chi connectivity index (χ2v) is 3.69. The lowest BCUT2D eigenvalue weighted by Crippen LogP contribution is -2.61. The lowest BCUT2D eigenvalue weighted by molar-refractivity contribution is -0.155. The molecule has 9 heteroatoms. The van der Waals surface area contributed by atoms with Gasteiger partial charge in [-0.15, -0.1) is 0 Å². The van der Waals surface area contributed by atoms with E-state index in [0.29, 0.717) is 0 Å². The third-order valence-electron chi connectivity index (χ3n) is 2.08. The number of aliphatic hydroxyl groups excluding tert-OH is 2. The second kappa shape index (κ2) is 7.44. The summed E-state index contributed by atoms with van der Waals surface area (Å²) in [6.45, 7) is 1.81. The van der Waals surface area contributed by atoms with Crippen molar-refractivity contribution in [3.63, 3.8) is 0 Å². The maximum absolute atomic E-state index is 11.2. The molecule has 5 N–H and O–H groups in total. The minimum atomic E-state index is -2.41. The number of carbonyl (C=O) groups excluding carboxylic acids is 3. The van der Waals surface area contributed by atoms with Crippen LogP contribution in [-0.2, 0) is 19.2 Å². The van der Waals surface area contributed by atoms with Crippen LogP contribution in [0.4, 0.5) is 0 Å². The second-order valence-electron chi connectivity index (χ2n) is 3.69. The number of aliphatic hydroxyl groups is 2. The Morgan fingerprint density at radius 2 is 1.63 bits per heavy atom. The first-order valence-electron chi connectivity index (χ1n) is 6.07. The first-order valence-corrected chi connectivity index (χ1v) is 5.17. The molecule has 0 radical (unpaired) electrons. The van der Waals surface area contributed by atoms with Crippen LogP contribution >= 0.6 is 0 Å². The molecular weight excluding hydrogens is 260 g/mol. The number of aliphatic carboxylic acids is 1. The van der Waals surface area contributed by atoms with E-state index in [4.69, 9.17) is 7.93 Å². The average molecular weight is 278 g/mol. The molecule has 0 spiro atoms. The lowest BCUT2D eigenvalue weighted by atomic mass is 9.98. The molecule has 19 heavy (non-hydrogen) atoms. The van der Waals surface area contributed by atoms with Gasteiger partial charge in [-0.1, -0.05) is 0 Å². The van der Waals surface area contributed by atoms with Crippen molar-refractivity contribution in [2.24, 2.45) is 0 Å². The molecule has 0 aliphatic rings. The van der Waals surface area contributed by atoms with Crippen molar-refractivity contribution in [2.75, 3.05) is 0 Å². The van der Waals surface area contributed by atoms with Crippen molar-refractivity contribution < 1.29 is 37.3 Å². The van der Waals surface area contributed by atoms with Gasteiger partial charge in [-0.25, -0.2) is 4.79 Å². The summed E-state index contributed by atoms with van der Waals surface area (Å²) in [5.41, 5.74) is 0. The predicted molar refractivity (Wildman–Crippen MR) is 60.9 cm³/mol. The lowest BCUT2D eigenvalue weighted by Gasteiger charge is -2.29. The Morgan fingerprint density at radius 3 is 1.95 bits per heavy atom. The van der Waals surface area contributed by atoms with Crippen molar-refractivity contribution in [3.05, 3.63) is 0 Å². The number of carbonyl (C=O) groups is 4. The molecule has 0 rings (SSSR count). The highest BCUT2D eigenvalue weighted by atomic mass is 16.4. The van der Waals surface area contributed by atoms with Gasteiger partial charge in [0.15, 0.2) is 8.93 Å². The van der Waals surface area contributed by atoms with Crippen LogP contribution in [0.5, 0.6) is 0 Å². The fourth-order valence-corrected chi connectivity index (χ4v) is 1.29. The van der Waals surface area contributed by atoms with Crippen molar-refractivity contribution in [1.29, 1.82) is 0 Å². The average Bonchev–Trinajstić information content (AvgIpc) is 2.41. The summed E-state index contributed by atoms with van der Waals surface area (Å²) in [6, 6.07) is -3.75. The summed E-state index contributed by atoms with van der Waals surface area (Å²) in [5, 5.41) is 27.8. The van der Waals surface area contributed by atoms with Crippen LogP contribution < -0.4 is 10.6 Å². The van der Waals surface area contributed by atoms with Gasteiger partial charge >= 0.3 is 5.97 Å². The summed E-state index contributed by atoms with van der Waals surface area (Å²) < 4.78 is 14.8. The maximum atomic E-state index is 11.2. The van der Waals surface area contributed by atoms with E-state index in [1.807, 2.05) is 0 Å². The van der Waals surface area contributed by atoms with E-state index >= 15 is 0 Å².